The molecule has 1 N–H and O–H groups in total. The summed E-state index contributed by atoms with van der Waals surface area (Å²) in [4.78, 5) is 0. The first-order valence-electron chi connectivity index (χ1n) is 9.80. The van der Waals surface area contributed by atoms with Gasteiger partial charge < -0.3 is 19.3 Å². The van der Waals surface area contributed by atoms with Gasteiger partial charge in [0.2, 0.25) is 0 Å². The van der Waals surface area contributed by atoms with Gasteiger partial charge in [-0.2, -0.15) is 0 Å². The molecule has 0 aromatic heterocycles. The fraction of sp³-hybridized carbons (Fsp3) is 0.280. The summed E-state index contributed by atoms with van der Waals surface area (Å²) >= 11 is 0. The molecule has 0 saturated heterocycles. The maximum absolute atomic E-state index is 10.3. The maximum Gasteiger partial charge on any atom is 0.143 e. The highest BCUT2D eigenvalue weighted by Crippen LogP contribution is 2.41. The maximum atomic E-state index is 10.3. The summed E-state index contributed by atoms with van der Waals surface area (Å²) in [6.07, 6.45) is 0.0744. The monoisotopic (exact) mass is 392 g/mol. The Morgan fingerprint density at radius 1 is 0.724 bits per heavy atom. The standard InChI is InChI=1S/C25H28O4/c1-4-22(26)18-29-25(19-8-6-5-7-9-19,20-10-14-23(27-2)15-11-20)21-12-16-24(28-3)17-13-21/h5-17,22,26H,4,18H2,1-3H3. The second-order valence-corrected chi connectivity index (χ2v) is 6.88. The minimum Gasteiger partial charge on any atom is -0.497 e. The van der Waals surface area contributed by atoms with Crippen LogP contribution < -0.4 is 9.47 Å². The van der Waals surface area contributed by atoms with Gasteiger partial charge >= 0.3 is 0 Å². The highest BCUT2D eigenvalue weighted by molar-refractivity contribution is 5.49. The van der Waals surface area contributed by atoms with E-state index < -0.39 is 11.7 Å². The van der Waals surface area contributed by atoms with E-state index in [1.165, 1.54) is 0 Å². The Labute approximate surface area is 172 Å². The summed E-state index contributed by atoms with van der Waals surface area (Å²) in [5.41, 5.74) is 2.02. The van der Waals surface area contributed by atoms with Crippen molar-refractivity contribution in [2.24, 2.45) is 0 Å². The molecular formula is C25H28O4. The number of ether oxygens (including phenoxy) is 3. The van der Waals surface area contributed by atoms with Gasteiger partial charge in [0.1, 0.15) is 17.1 Å². The third-order valence-corrected chi connectivity index (χ3v) is 5.14. The zero-order valence-corrected chi connectivity index (χ0v) is 17.2. The van der Waals surface area contributed by atoms with Crippen LogP contribution in [0.15, 0.2) is 78.9 Å². The van der Waals surface area contributed by atoms with E-state index in [-0.39, 0.29) is 6.61 Å². The number of hydrogen-bond acceptors (Lipinski definition) is 4. The van der Waals surface area contributed by atoms with Gasteiger partial charge in [-0.25, -0.2) is 0 Å². The van der Waals surface area contributed by atoms with Gasteiger partial charge in [-0.1, -0.05) is 61.5 Å². The topological polar surface area (TPSA) is 47.9 Å². The molecule has 0 aliphatic carbocycles. The predicted molar refractivity (Wildman–Crippen MR) is 115 cm³/mol. The van der Waals surface area contributed by atoms with Gasteiger partial charge in [-0.05, 0) is 47.4 Å². The average Bonchev–Trinajstić information content (AvgIpc) is 2.80. The lowest BCUT2D eigenvalue weighted by atomic mass is 9.80. The van der Waals surface area contributed by atoms with Crippen molar-refractivity contribution in [2.45, 2.75) is 25.0 Å². The minimum atomic E-state index is -0.879. The molecular weight excluding hydrogens is 364 g/mol. The van der Waals surface area contributed by atoms with Crippen molar-refractivity contribution >= 4 is 0 Å². The molecule has 0 radical (unpaired) electrons. The molecule has 0 saturated carbocycles. The van der Waals surface area contributed by atoms with E-state index in [9.17, 15) is 5.11 Å². The van der Waals surface area contributed by atoms with E-state index in [1.807, 2.05) is 85.8 Å². The second kappa shape index (κ2) is 9.59. The van der Waals surface area contributed by atoms with E-state index >= 15 is 0 Å². The third-order valence-electron chi connectivity index (χ3n) is 5.14. The van der Waals surface area contributed by atoms with Crippen molar-refractivity contribution in [1.29, 1.82) is 0 Å². The number of aliphatic hydroxyl groups excluding tert-OH is 1. The first-order valence-corrected chi connectivity index (χ1v) is 9.80. The highest BCUT2D eigenvalue weighted by atomic mass is 16.5. The molecule has 29 heavy (non-hydrogen) atoms. The molecule has 0 spiro atoms. The zero-order valence-electron chi connectivity index (χ0n) is 17.2. The van der Waals surface area contributed by atoms with E-state index in [0.717, 1.165) is 28.2 Å². The molecule has 0 fully saturated rings. The van der Waals surface area contributed by atoms with Gasteiger partial charge in [0, 0.05) is 0 Å². The Hall–Kier alpha value is -2.82. The summed E-state index contributed by atoms with van der Waals surface area (Å²) in [6.45, 7) is 2.16. The Morgan fingerprint density at radius 3 is 1.59 bits per heavy atom. The summed E-state index contributed by atoms with van der Waals surface area (Å²) in [5.74, 6) is 1.55. The number of methoxy groups -OCH3 is 2. The van der Waals surface area contributed by atoms with Crippen LogP contribution in [-0.2, 0) is 10.3 Å². The number of rotatable bonds is 9. The molecule has 0 amide bonds. The lowest BCUT2D eigenvalue weighted by molar-refractivity contribution is -0.0387. The number of aliphatic hydroxyl groups is 1. The van der Waals surface area contributed by atoms with Gasteiger partial charge in [0.25, 0.3) is 0 Å². The average molecular weight is 392 g/mol. The molecule has 4 nitrogen and oxygen atoms in total. The molecule has 3 rings (SSSR count). The van der Waals surface area contributed by atoms with Crippen molar-refractivity contribution in [3.63, 3.8) is 0 Å². The lowest BCUT2D eigenvalue weighted by Crippen LogP contribution is -2.35. The van der Waals surface area contributed by atoms with E-state index in [2.05, 4.69) is 0 Å². The smallest absolute Gasteiger partial charge is 0.143 e. The summed E-state index contributed by atoms with van der Waals surface area (Å²) in [5, 5.41) is 10.3. The molecule has 0 aliphatic rings. The van der Waals surface area contributed by atoms with Crippen LogP contribution in [-0.4, -0.2) is 32.0 Å². The molecule has 1 unspecified atom stereocenters. The van der Waals surface area contributed by atoms with E-state index in [0.29, 0.717) is 6.42 Å². The molecule has 0 bridgehead atoms. The molecule has 3 aromatic carbocycles. The third kappa shape index (κ3) is 4.44. The van der Waals surface area contributed by atoms with Crippen molar-refractivity contribution in [3.8, 4) is 11.5 Å². The van der Waals surface area contributed by atoms with Crippen molar-refractivity contribution in [2.75, 3.05) is 20.8 Å². The first kappa shape index (κ1) is 20.9. The summed E-state index contributed by atoms with van der Waals surface area (Å²) in [7, 11) is 3.30. The summed E-state index contributed by atoms with van der Waals surface area (Å²) < 4.78 is 17.2. The zero-order chi connectivity index (χ0) is 20.7. The van der Waals surface area contributed by atoms with Crippen LogP contribution in [0.3, 0.4) is 0 Å². The molecule has 4 heteroatoms. The Balaban J connectivity index is 2.21. The molecule has 0 aliphatic heterocycles. The van der Waals surface area contributed by atoms with Crippen LogP contribution in [0.4, 0.5) is 0 Å². The van der Waals surface area contributed by atoms with Crippen LogP contribution in [0.1, 0.15) is 30.0 Å². The Kier molecular flexibility index (Phi) is 6.91. The Morgan fingerprint density at radius 2 is 1.17 bits per heavy atom. The van der Waals surface area contributed by atoms with Crippen LogP contribution in [0.2, 0.25) is 0 Å². The van der Waals surface area contributed by atoms with Crippen molar-refractivity contribution in [1.82, 2.24) is 0 Å². The number of benzene rings is 3. The van der Waals surface area contributed by atoms with Crippen LogP contribution in [0.25, 0.3) is 0 Å². The van der Waals surface area contributed by atoms with Crippen molar-refractivity contribution in [3.05, 3.63) is 95.6 Å². The van der Waals surface area contributed by atoms with Gasteiger partial charge in [-0.3, -0.25) is 0 Å². The normalized spacial score (nSPS) is 12.4. The van der Waals surface area contributed by atoms with E-state index in [1.54, 1.807) is 14.2 Å². The molecule has 0 heterocycles. The van der Waals surface area contributed by atoms with Crippen LogP contribution >= 0.6 is 0 Å². The Bertz CT molecular complexity index is 825. The van der Waals surface area contributed by atoms with Gasteiger partial charge in [0.15, 0.2) is 0 Å². The largest absolute Gasteiger partial charge is 0.497 e. The van der Waals surface area contributed by atoms with E-state index in [4.69, 9.17) is 14.2 Å². The summed E-state index contributed by atoms with van der Waals surface area (Å²) in [6, 6.07) is 25.8. The molecule has 3 aromatic rings. The minimum absolute atomic E-state index is 0.212. The fourth-order valence-corrected chi connectivity index (χ4v) is 3.41. The SMILES string of the molecule is CCC(O)COC(c1ccccc1)(c1ccc(OC)cc1)c1ccc(OC)cc1. The lowest BCUT2D eigenvalue weighted by Gasteiger charge is -2.36. The first-order chi connectivity index (χ1) is 14.1. The highest BCUT2D eigenvalue weighted by Gasteiger charge is 2.38. The predicted octanol–water partition coefficient (Wildman–Crippen LogP) is 4.78. The number of hydrogen-bond donors (Lipinski definition) is 1. The van der Waals surface area contributed by atoms with Gasteiger partial charge in [0.05, 0.1) is 26.9 Å². The fourth-order valence-electron chi connectivity index (χ4n) is 3.41. The molecule has 1 atom stereocenters. The van der Waals surface area contributed by atoms with Crippen molar-refractivity contribution < 1.29 is 19.3 Å². The van der Waals surface area contributed by atoms with Gasteiger partial charge in [-0.15, -0.1) is 0 Å². The second-order valence-electron chi connectivity index (χ2n) is 6.88. The molecule has 152 valence electrons. The van der Waals surface area contributed by atoms with Crippen LogP contribution in [0.5, 0.6) is 11.5 Å². The van der Waals surface area contributed by atoms with Crippen LogP contribution in [0, 0.1) is 0 Å². The quantitative estimate of drug-likeness (QED) is 0.532.